The van der Waals surface area contributed by atoms with Crippen LogP contribution in [-0.4, -0.2) is 19.1 Å². The van der Waals surface area contributed by atoms with Crippen LogP contribution in [0.2, 0.25) is 0 Å². The molecule has 5 heteroatoms. The molecule has 0 unspecified atom stereocenters. The summed E-state index contributed by atoms with van der Waals surface area (Å²) in [6, 6.07) is 11.7. The first kappa shape index (κ1) is 15.0. The Morgan fingerprint density at radius 3 is 2.54 bits per heavy atom. The Hall–Kier alpha value is -2.56. The normalized spacial score (nSPS) is 17.7. The predicted octanol–water partition coefficient (Wildman–Crippen LogP) is 3.41. The predicted molar refractivity (Wildman–Crippen MR) is 86.8 cm³/mol. The van der Waals surface area contributed by atoms with Gasteiger partial charge in [0.1, 0.15) is 5.82 Å². The summed E-state index contributed by atoms with van der Waals surface area (Å²) in [5.74, 6) is 0.718. The zero-order valence-corrected chi connectivity index (χ0v) is 13.2. The maximum atomic E-state index is 14.1. The summed E-state index contributed by atoms with van der Waals surface area (Å²) in [5.41, 5.74) is 0.446. The van der Waals surface area contributed by atoms with Crippen LogP contribution in [-0.2, 0) is 5.54 Å². The van der Waals surface area contributed by atoms with E-state index in [4.69, 9.17) is 9.47 Å². The van der Waals surface area contributed by atoms with Crippen LogP contribution < -0.4 is 14.8 Å². The van der Waals surface area contributed by atoms with E-state index in [1.54, 1.807) is 36.4 Å². The van der Waals surface area contributed by atoms with Gasteiger partial charge >= 0.3 is 0 Å². The van der Waals surface area contributed by atoms with Gasteiger partial charge in [0.2, 0.25) is 0 Å². The van der Waals surface area contributed by atoms with E-state index in [1.807, 2.05) is 0 Å². The van der Waals surface area contributed by atoms with Crippen LogP contribution in [0.15, 0.2) is 42.5 Å². The zero-order valence-electron chi connectivity index (χ0n) is 13.2. The maximum absolute atomic E-state index is 14.1. The van der Waals surface area contributed by atoms with Crippen LogP contribution in [0.1, 0.15) is 35.2 Å². The first-order chi connectivity index (χ1) is 11.7. The van der Waals surface area contributed by atoms with Crippen molar-refractivity contribution in [3.05, 3.63) is 59.4 Å². The molecule has 4 nitrogen and oxygen atoms in total. The van der Waals surface area contributed by atoms with Crippen molar-refractivity contribution in [2.24, 2.45) is 0 Å². The van der Waals surface area contributed by atoms with Crippen LogP contribution in [0.25, 0.3) is 0 Å². The molecular formula is C19H18FNO3. The second-order valence-corrected chi connectivity index (χ2v) is 6.23. The molecule has 0 aromatic heterocycles. The smallest absolute Gasteiger partial charge is 0.252 e. The molecule has 2 aliphatic rings. The molecule has 0 atom stereocenters. The molecule has 124 valence electrons. The number of fused-ring (bicyclic) bond motifs is 1. The van der Waals surface area contributed by atoms with E-state index in [0.29, 0.717) is 35.8 Å². The summed E-state index contributed by atoms with van der Waals surface area (Å²) in [5, 5.41) is 2.99. The minimum Gasteiger partial charge on any atom is -0.490 e. The summed E-state index contributed by atoms with van der Waals surface area (Å²) in [6.45, 7) is 1.17. The van der Waals surface area contributed by atoms with Gasteiger partial charge in [-0.05, 0) is 37.1 Å². The van der Waals surface area contributed by atoms with Crippen molar-refractivity contribution in [1.29, 1.82) is 0 Å². The van der Waals surface area contributed by atoms with E-state index in [2.05, 4.69) is 5.32 Å². The third-order valence-electron chi connectivity index (χ3n) is 4.50. The van der Waals surface area contributed by atoms with Gasteiger partial charge in [-0.3, -0.25) is 4.79 Å². The first-order valence-corrected chi connectivity index (χ1v) is 8.15. The van der Waals surface area contributed by atoms with Crippen molar-refractivity contribution < 1.29 is 18.7 Å². The number of nitrogens with one attached hydrogen (secondary N) is 1. The highest BCUT2D eigenvalue weighted by Gasteiger charge is 2.47. The van der Waals surface area contributed by atoms with Crippen LogP contribution in [0.4, 0.5) is 4.39 Å². The lowest BCUT2D eigenvalue weighted by atomic mass is 10.0. The molecule has 24 heavy (non-hydrogen) atoms. The zero-order chi connectivity index (χ0) is 16.6. The Bertz CT molecular complexity index is 786. The van der Waals surface area contributed by atoms with Crippen molar-refractivity contribution in [3.63, 3.8) is 0 Å². The highest BCUT2D eigenvalue weighted by atomic mass is 19.1. The van der Waals surface area contributed by atoms with E-state index in [9.17, 15) is 9.18 Å². The van der Waals surface area contributed by atoms with Gasteiger partial charge in [-0.2, -0.15) is 0 Å². The van der Waals surface area contributed by atoms with Gasteiger partial charge in [-0.1, -0.05) is 18.2 Å². The van der Waals surface area contributed by atoms with Crippen LogP contribution >= 0.6 is 0 Å². The van der Waals surface area contributed by atoms with E-state index >= 15 is 0 Å². The van der Waals surface area contributed by atoms with Crippen molar-refractivity contribution in [2.45, 2.75) is 24.8 Å². The second kappa shape index (κ2) is 5.82. The molecule has 2 aromatic carbocycles. The van der Waals surface area contributed by atoms with Gasteiger partial charge in [0.05, 0.1) is 18.8 Å². The summed E-state index contributed by atoms with van der Waals surface area (Å²) < 4.78 is 25.3. The van der Waals surface area contributed by atoms with Crippen LogP contribution in [0.3, 0.4) is 0 Å². The number of hydrogen-bond acceptors (Lipinski definition) is 3. The summed E-state index contributed by atoms with van der Waals surface area (Å²) in [6.07, 6.45) is 2.29. The molecule has 0 radical (unpaired) electrons. The van der Waals surface area contributed by atoms with E-state index in [-0.39, 0.29) is 11.7 Å². The Kier molecular flexibility index (Phi) is 3.63. The Labute approximate surface area is 139 Å². The number of rotatable bonds is 3. The molecule has 1 N–H and O–H groups in total. The first-order valence-electron chi connectivity index (χ1n) is 8.15. The lowest BCUT2D eigenvalue weighted by molar-refractivity contribution is 0.0929. The molecule has 0 spiro atoms. The Morgan fingerprint density at radius 2 is 1.79 bits per heavy atom. The number of benzene rings is 2. The summed E-state index contributed by atoms with van der Waals surface area (Å²) in [7, 11) is 0. The van der Waals surface area contributed by atoms with Gasteiger partial charge < -0.3 is 14.8 Å². The molecule has 2 aromatic rings. The van der Waals surface area contributed by atoms with Crippen molar-refractivity contribution in [2.75, 3.05) is 13.2 Å². The van der Waals surface area contributed by atoms with Gasteiger partial charge in [0.15, 0.2) is 11.5 Å². The number of ether oxygens (including phenoxy) is 2. The standard InChI is InChI=1S/C19H18FNO3/c20-15-5-2-1-4-14(15)19(8-9-19)21-18(22)13-6-7-16-17(12-13)24-11-3-10-23-16/h1-2,4-7,12H,3,8-11H2,(H,21,22). The van der Waals surface area contributed by atoms with Crippen molar-refractivity contribution in [3.8, 4) is 11.5 Å². The Morgan fingerprint density at radius 1 is 1.04 bits per heavy atom. The van der Waals surface area contributed by atoms with Crippen LogP contribution in [0.5, 0.6) is 11.5 Å². The largest absolute Gasteiger partial charge is 0.490 e. The fourth-order valence-electron chi connectivity index (χ4n) is 3.03. The molecular weight excluding hydrogens is 309 g/mol. The van der Waals surface area contributed by atoms with Crippen LogP contribution in [0, 0.1) is 5.82 Å². The van der Waals surface area contributed by atoms with E-state index < -0.39 is 5.54 Å². The second-order valence-electron chi connectivity index (χ2n) is 6.23. The lowest BCUT2D eigenvalue weighted by Crippen LogP contribution is -2.35. The SMILES string of the molecule is O=C(NC1(c2ccccc2F)CC1)c1ccc2c(c1)OCCCO2. The average Bonchev–Trinajstić information content (AvgIpc) is 3.38. The number of carbonyl (C=O) groups excluding carboxylic acids is 1. The number of carbonyl (C=O) groups is 1. The topological polar surface area (TPSA) is 47.6 Å². The monoisotopic (exact) mass is 327 g/mol. The van der Waals surface area contributed by atoms with E-state index in [1.165, 1.54) is 6.07 Å². The molecule has 0 bridgehead atoms. The third-order valence-corrected chi connectivity index (χ3v) is 4.50. The molecule has 1 aliphatic heterocycles. The summed E-state index contributed by atoms with van der Waals surface area (Å²) in [4.78, 5) is 12.6. The van der Waals surface area contributed by atoms with Gasteiger partial charge in [0.25, 0.3) is 5.91 Å². The van der Waals surface area contributed by atoms with Gasteiger partial charge in [0, 0.05) is 17.5 Å². The maximum Gasteiger partial charge on any atom is 0.252 e. The molecule has 1 saturated carbocycles. The fraction of sp³-hybridized carbons (Fsp3) is 0.316. The molecule has 0 saturated heterocycles. The molecule has 1 aliphatic carbocycles. The molecule has 4 rings (SSSR count). The minimum atomic E-state index is -0.591. The fourth-order valence-corrected chi connectivity index (χ4v) is 3.03. The Balaban J connectivity index is 1.57. The number of hydrogen-bond donors (Lipinski definition) is 1. The number of amides is 1. The lowest BCUT2D eigenvalue weighted by Gasteiger charge is -2.19. The minimum absolute atomic E-state index is 0.230. The van der Waals surface area contributed by atoms with Crippen molar-refractivity contribution in [1.82, 2.24) is 5.32 Å². The third kappa shape index (κ3) is 2.70. The van der Waals surface area contributed by atoms with Gasteiger partial charge in [-0.25, -0.2) is 4.39 Å². The number of halogens is 1. The average molecular weight is 327 g/mol. The summed E-state index contributed by atoms with van der Waals surface area (Å²) >= 11 is 0. The van der Waals surface area contributed by atoms with Gasteiger partial charge in [-0.15, -0.1) is 0 Å². The van der Waals surface area contributed by atoms with E-state index in [0.717, 1.165) is 19.3 Å². The molecule has 1 amide bonds. The highest BCUT2D eigenvalue weighted by Crippen LogP contribution is 2.46. The highest BCUT2D eigenvalue weighted by molar-refractivity contribution is 5.95. The molecule has 1 fully saturated rings. The quantitative estimate of drug-likeness (QED) is 0.940. The molecule has 1 heterocycles. The van der Waals surface area contributed by atoms with Crippen molar-refractivity contribution >= 4 is 5.91 Å².